The molecule has 0 radical (unpaired) electrons. The molecule has 23 heavy (non-hydrogen) atoms. The number of para-hydroxylation sites is 1. The van der Waals surface area contributed by atoms with Gasteiger partial charge in [-0.2, -0.15) is 0 Å². The summed E-state index contributed by atoms with van der Waals surface area (Å²) in [5.41, 5.74) is -1.08. The van der Waals surface area contributed by atoms with Crippen LogP contribution in [0.15, 0.2) is 18.2 Å². The molecule has 8 heteroatoms. The van der Waals surface area contributed by atoms with Crippen LogP contribution in [0.4, 0.5) is 5.69 Å². The molecule has 1 aliphatic heterocycles. The predicted octanol–water partition coefficient (Wildman–Crippen LogP) is 0.625. The first-order chi connectivity index (χ1) is 10.8. The maximum Gasteiger partial charge on any atom is 0.331 e. The SMILES string of the molecule is COCC(C)(NC(=O)c1cccc2c1OC(C)C(=O)N2)C(=O)O. The second-order valence-corrected chi connectivity index (χ2v) is 5.46. The molecule has 124 valence electrons. The molecule has 1 aromatic rings. The van der Waals surface area contributed by atoms with Crippen molar-refractivity contribution in [3.63, 3.8) is 0 Å². The monoisotopic (exact) mass is 322 g/mol. The van der Waals surface area contributed by atoms with Crippen molar-refractivity contribution in [3.8, 4) is 5.75 Å². The van der Waals surface area contributed by atoms with Crippen molar-refractivity contribution >= 4 is 23.5 Å². The van der Waals surface area contributed by atoms with Gasteiger partial charge >= 0.3 is 5.97 Å². The highest BCUT2D eigenvalue weighted by atomic mass is 16.5. The quantitative estimate of drug-likeness (QED) is 0.732. The zero-order valence-corrected chi connectivity index (χ0v) is 13.0. The number of aliphatic carboxylic acids is 1. The summed E-state index contributed by atoms with van der Waals surface area (Å²) >= 11 is 0. The van der Waals surface area contributed by atoms with Crippen LogP contribution in [0.25, 0.3) is 0 Å². The van der Waals surface area contributed by atoms with Crippen LogP contribution in [-0.4, -0.2) is 48.2 Å². The third-order valence-electron chi connectivity index (χ3n) is 3.48. The number of benzene rings is 1. The summed E-state index contributed by atoms with van der Waals surface area (Å²) in [6.07, 6.45) is -0.749. The summed E-state index contributed by atoms with van der Waals surface area (Å²) in [5, 5.41) is 14.4. The number of anilines is 1. The number of carboxylic acid groups (broad SMARTS) is 1. The Bertz CT molecular complexity index is 659. The van der Waals surface area contributed by atoms with Crippen molar-refractivity contribution in [1.82, 2.24) is 5.32 Å². The molecule has 8 nitrogen and oxygen atoms in total. The first-order valence-corrected chi connectivity index (χ1v) is 6.94. The van der Waals surface area contributed by atoms with Gasteiger partial charge in [0, 0.05) is 7.11 Å². The smallest absolute Gasteiger partial charge is 0.331 e. The third kappa shape index (κ3) is 3.26. The minimum Gasteiger partial charge on any atom is -0.479 e. The highest BCUT2D eigenvalue weighted by molar-refractivity contribution is 6.05. The average Bonchev–Trinajstić information content (AvgIpc) is 2.47. The number of hydrogen-bond acceptors (Lipinski definition) is 5. The number of fused-ring (bicyclic) bond motifs is 1. The van der Waals surface area contributed by atoms with E-state index in [1.807, 2.05) is 0 Å². The lowest BCUT2D eigenvalue weighted by molar-refractivity contribution is -0.145. The van der Waals surface area contributed by atoms with Crippen LogP contribution in [0, 0.1) is 0 Å². The molecule has 2 atom stereocenters. The van der Waals surface area contributed by atoms with Crippen molar-refractivity contribution in [2.75, 3.05) is 19.0 Å². The molecule has 0 aliphatic carbocycles. The van der Waals surface area contributed by atoms with Gasteiger partial charge in [0.05, 0.1) is 17.9 Å². The summed E-state index contributed by atoms with van der Waals surface area (Å²) in [4.78, 5) is 35.5. The molecule has 0 saturated heterocycles. The molecule has 0 saturated carbocycles. The number of carboxylic acids is 1. The Morgan fingerprint density at radius 1 is 1.48 bits per heavy atom. The van der Waals surface area contributed by atoms with Gasteiger partial charge in [-0.3, -0.25) is 9.59 Å². The van der Waals surface area contributed by atoms with Gasteiger partial charge in [0.2, 0.25) is 0 Å². The number of ether oxygens (including phenoxy) is 2. The van der Waals surface area contributed by atoms with Gasteiger partial charge in [-0.1, -0.05) is 6.07 Å². The number of carbonyl (C=O) groups excluding carboxylic acids is 2. The van der Waals surface area contributed by atoms with E-state index in [1.165, 1.54) is 20.1 Å². The van der Waals surface area contributed by atoms with Gasteiger partial charge in [-0.25, -0.2) is 4.79 Å². The zero-order chi connectivity index (χ0) is 17.2. The van der Waals surface area contributed by atoms with Gasteiger partial charge in [0.25, 0.3) is 11.8 Å². The lowest BCUT2D eigenvalue weighted by Gasteiger charge is -2.28. The van der Waals surface area contributed by atoms with Crippen LogP contribution in [-0.2, 0) is 14.3 Å². The fourth-order valence-corrected chi connectivity index (χ4v) is 2.16. The van der Waals surface area contributed by atoms with Crippen molar-refractivity contribution in [2.24, 2.45) is 0 Å². The first-order valence-electron chi connectivity index (χ1n) is 6.94. The standard InChI is InChI=1S/C15H18N2O6/c1-8-12(18)16-10-6-4-5-9(11(10)23-8)13(19)17-15(2,7-22-3)14(20)21/h4-6,8H,7H2,1-3H3,(H,16,18)(H,17,19)(H,20,21). The number of nitrogens with one attached hydrogen (secondary N) is 2. The molecular weight excluding hydrogens is 304 g/mol. The van der Waals surface area contributed by atoms with Gasteiger partial charge < -0.3 is 25.2 Å². The minimum atomic E-state index is -1.59. The molecule has 1 heterocycles. The molecule has 1 aliphatic rings. The number of rotatable bonds is 5. The normalized spacial score (nSPS) is 18.9. The second kappa shape index (κ2) is 6.25. The summed E-state index contributed by atoms with van der Waals surface area (Å²) in [6.45, 7) is 2.70. The fourth-order valence-electron chi connectivity index (χ4n) is 2.16. The molecule has 3 N–H and O–H groups in total. The Hall–Kier alpha value is -2.61. The minimum absolute atomic E-state index is 0.137. The van der Waals surface area contributed by atoms with E-state index >= 15 is 0 Å². The van der Waals surface area contributed by atoms with Gasteiger partial charge in [0.1, 0.15) is 0 Å². The van der Waals surface area contributed by atoms with E-state index < -0.39 is 23.5 Å². The first kappa shape index (κ1) is 16.8. The van der Waals surface area contributed by atoms with Gasteiger partial charge in [0.15, 0.2) is 17.4 Å². The highest BCUT2D eigenvalue weighted by Crippen LogP contribution is 2.33. The van der Waals surface area contributed by atoms with Crippen LogP contribution in [0.1, 0.15) is 24.2 Å². The predicted molar refractivity (Wildman–Crippen MR) is 80.5 cm³/mol. The zero-order valence-electron chi connectivity index (χ0n) is 13.0. The van der Waals surface area contributed by atoms with E-state index in [2.05, 4.69) is 10.6 Å². The third-order valence-corrected chi connectivity index (χ3v) is 3.48. The van der Waals surface area contributed by atoms with Crippen molar-refractivity contribution in [3.05, 3.63) is 23.8 Å². The van der Waals surface area contributed by atoms with E-state index in [0.717, 1.165) is 0 Å². The molecular formula is C15H18N2O6. The Balaban J connectivity index is 2.32. The lowest BCUT2D eigenvalue weighted by atomic mass is 10.0. The fraction of sp³-hybridized carbons (Fsp3) is 0.400. The maximum absolute atomic E-state index is 12.5. The van der Waals surface area contributed by atoms with Crippen LogP contribution >= 0.6 is 0 Å². The Kier molecular flexibility index (Phi) is 4.55. The van der Waals surface area contributed by atoms with E-state index in [9.17, 15) is 19.5 Å². The van der Waals surface area contributed by atoms with E-state index in [-0.39, 0.29) is 23.8 Å². The highest BCUT2D eigenvalue weighted by Gasteiger charge is 2.37. The van der Waals surface area contributed by atoms with Gasteiger partial charge in [-0.05, 0) is 26.0 Å². The van der Waals surface area contributed by atoms with E-state index in [1.54, 1.807) is 19.1 Å². The summed E-state index contributed by atoms with van der Waals surface area (Å²) in [6, 6.07) is 4.66. The number of carbonyl (C=O) groups is 3. The Morgan fingerprint density at radius 2 is 2.17 bits per heavy atom. The molecule has 2 unspecified atom stereocenters. The van der Waals surface area contributed by atoms with Crippen molar-refractivity contribution in [1.29, 1.82) is 0 Å². The molecule has 1 aromatic carbocycles. The van der Waals surface area contributed by atoms with Crippen LogP contribution in [0.2, 0.25) is 0 Å². The number of hydrogen-bond donors (Lipinski definition) is 3. The molecule has 0 spiro atoms. The second-order valence-electron chi connectivity index (χ2n) is 5.46. The largest absolute Gasteiger partial charge is 0.479 e. The molecule has 2 amide bonds. The van der Waals surface area contributed by atoms with E-state index in [4.69, 9.17) is 9.47 Å². The van der Waals surface area contributed by atoms with Crippen molar-refractivity contribution < 1.29 is 29.0 Å². The molecule has 2 rings (SSSR count). The maximum atomic E-state index is 12.5. The Morgan fingerprint density at radius 3 is 2.78 bits per heavy atom. The average molecular weight is 322 g/mol. The number of methoxy groups -OCH3 is 1. The summed E-state index contributed by atoms with van der Waals surface area (Å²) in [7, 11) is 1.35. The van der Waals surface area contributed by atoms with Crippen molar-refractivity contribution in [2.45, 2.75) is 25.5 Å². The van der Waals surface area contributed by atoms with Crippen LogP contribution in [0.5, 0.6) is 5.75 Å². The van der Waals surface area contributed by atoms with Crippen LogP contribution < -0.4 is 15.4 Å². The number of amides is 2. The summed E-state index contributed by atoms with van der Waals surface area (Å²) < 4.78 is 10.3. The molecule has 0 bridgehead atoms. The lowest BCUT2D eigenvalue weighted by Crippen LogP contribution is -2.55. The topological polar surface area (TPSA) is 114 Å². The van der Waals surface area contributed by atoms with Crippen LogP contribution in [0.3, 0.4) is 0 Å². The van der Waals surface area contributed by atoms with Gasteiger partial charge in [-0.15, -0.1) is 0 Å². The Labute approximate surface area is 132 Å². The van der Waals surface area contributed by atoms with E-state index in [0.29, 0.717) is 5.69 Å². The molecule has 0 aromatic heterocycles. The molecule has 0 fully saturated rings. The summed E-state index contributed by atoms with van der Waals surface area (Å²) in [5.74, 6) is -1.96.